The summed E-state index contributed by atoms with van der Waals surface area (Å²) < 4.78 is 37.8. The number of nitrogens with one attached hydrogen (secondary N) is 3. The van der Waals surface area contributed by atoms with Gasteiger partial charge in [-0.1, -0.05) is 6.07 Å². The van der Waals surface area contributed by atoms with Crippen LogP contribution in [0.3, 0.4) is 0 Å². The summed E-state index contributed by atoms with van der Waals surface area (Å²) in [5.74, 6) is -0.651. The van der Waals surface area contributed by atoms with E-state index >= 15 is 0 Å². The predicted octanol–water partition coefficient (Wildman–Crippen LogP) is 4.38. The molecule has 0 bridgehead atoms. The summed E-state index contributed by atoms with van der Waals surface area (Å²) in [6.45, 7) is 3.41. The fourth-order valence-electron chi connectivity index (χ4n) is 5.79. The van der Waals surface area contributed by atoms with Crippen LogP contribution in [0.2, 0.25) is 0 Å². The van der Waals surface area contributed by atoms with Crippen LogP contribution in [-0.4, -0.2) is 68.3 Å². The number of carboxylic acid groups (broad SMARTS) is 1. The minimum atomic E-state index is -3.82. The smallest absolute Gasteiger partial charge is 0.409 e. The summed E-state index contributed by atoms with van der Waals surface area (Å²) in [5, 5.41) is 16.3. The van der Waals surface area contributed by atoms with Crippen LogP contribution in [-0.2, 0) is 14.6 Å². The molecule has 3 aromatic carbocycles. The molecular weight excluding hydrogens is 616 g/mol. The number of hydrogen-bond acceptors (Lipinski definition) is 9. The van der Waals surface area contributed by atoms with Gasteiger partial charge in [0.25, 0.3) is 11.8 Å². The highest BCUT2D eigenvalue weighted by Gasteiger charge is 2.38. The monoisotopic (exact) mass is 650 g/mol. The van der Waals surface area contributed by atoms with E-state index < -0.39 is 51.0 Å². The summed E-state index contributed by atoms with van der Waals surface area (Å²) in [6.07, 6.45) is -0.316. The van der Waals surface area contributed by atoms with E-state index in [2.05, 4.69) is 16.0 Å². The van der Waals surface area contributed by atoms with E-state index in [0.29, 0.717) is 47.7 Å². The second kappa shape index (κ2) is 12.7. The summed E-state index contributed by atoms with van der Waals surface area (Å²) in [7, 11) is -0.865. The summed E-state index contributed by atoms with van der Waals surface area (Å²) in [5.41, 5.74) is 1.75. The molecule has 0 saturated carbocycles. The molecule has 0 aromatic heterocycles. The number of ether oxygens (including phenoxy) is 2. The molecule has 14 heteroatoms. The molecule has 2 atom stereocenters. The van der Waals surface area contributed by atoms with Crippen molar-refractivity contribution in [2.24, 2.45) is 0 Å². The second-order valence-electron chi connectivity index (χ2n) is 11.2. The molecule has 2 aliphatic rings. The van der Waals surface area contributed by atoms with Gasteiger partial charge in [0.05, 0.1) is 41.5 Å². The lowest BCUT2D eigenvalue weighted by Crippen LogP contribution is -2.38. The van der Waals surface area contributed by atoms with Crippen molar-refractivity contribution in [1.82, 2.24) is 10.2 Å². The van der Waals surface area contributed by atoms with Crippen LogP contribution >= 0.6 is 0 Å². The Bertz CT molecular complexity index is 1840. The lowest BCUT2D eigenvalue weighted by molar-refractivity contribution is -0.133. The third-order valence-corrected chi connectivity index (χ3v) is 10.3. The van der Waals surface area contributed by atoms with Crippen LogP contribution in [0, 0.1) is 0 Å². The maximum Gasteiger partial charge on any atom is 0.409 e. The zero-order valence-corrected chi connectivity index (χ0v) is 26.4. The van der Waals surface area contributed by atoms with Gasteiger partial charge in [0.15, 0.2) is 21.3 Å². The molecule has 3 aromatic rings. The highest BCUT2D eigenvalue weighted by Crippen LogP contribution is 2.41. The number of imide groups is 1. The van der Waals surface area contributed by atoms with Gasteiger partial charge in [-0.25, -0.2) is 13.2 Å². The van der Waals surface area contributed by atoms with Crippen LogP contribution in [0.4, 0.5) is 16.2 Å². The van der Waals surface area contributed by atoms with E-state index in [-0.39, 0.29) is 21.7 Å². The SMILES string of the molecule is COc1ccc([C@H](Nc2ccc3c(c2)C(=O)NC3=O)C(=O)N2CCC[C@@H]2c2cc(NC(=O)O)ccc2S(=O)(=O)C(C)C)cc1OC. The molecule has 13 nitrogen and oxygen atoms in total. The quantitative estimate of drug-likeness (QED) is 0.230. The van der Waals surface area contributed by atoms with Gasteiger partial charge in [0.1, 0.15) is 6.04 Å². The van der Waals surface area contributed by atoms with Crippen molar-refractivity contribution < 1.29 is 42.2 Å². The van der Waals surface area contributed by atoms with E-state index in [1.165, 1.54) is 44.6 Å². The van der Waals surface area contributed by atoms with Gasteiger partial charge in [0, 0.05) is 17.9 Å². The average molecular weight is 651 g/mol. The van der Waals surface area contributed by atoms with Gasteiger partial charge in [-0.2, -0.15) is 0 Å². The van der Waals surface area contributed by atoms with Crippen LogP contribution in [0.1, 0.15) is 70.6 Å². The van der Waals surface area contributed by atoms with E-state index in [9.17, 15) is 32.7 Å². The number of anilines is 2. The number of carbonyl (C=O) groups excluding carboxylic acids is 3. The van der Waals surface area contributed by atoms with Crippen LogP contribution in [0.5, 0.6) is 11.5 Å². The van der Waals surface area contributed by atoms with Crippen LogP contribution in [0.15, 0.2) is 59.5 Å². The third kappa shape index (κ3) is 6.07. The number of carbonyl (C=O) groups is 4. The van der Waals surface area contributed by atoms with E-state index in [0.717, 1.165) is 0 Å². The Morgan fingerprint density at radius 1 is 0.935 bits per heavy atom. The van der Waals surface area contributed by atoms with E-state index in [1.807, 2.05) is 0 Å². The van der Waals surface area contributed by atoms with Crippen molar-refractivity contribution in [3.8, 4) is 11.5 Å². The molecule has 1 saturated heterocycles. The van der Waals surface area contributed by atoms with Crippen molar-refractivity contribution in [2.75, 3.05) is 31.4 Å². The number of nitrogens with zero attached hydrogens (tertiary/aromatic N) is 1. The van der Waals surface area contributed by atoms with Crippen molar-refractivity contribution in [1.29, 1.82) is 0 Å². The summed E-state index contributed by atoms with van der Waals surface area (Å²) in [6, 6.07) is 12.1. The highest BCUT2D eigenvalue weighted by atomic mass is 32.2. The third-order valence-electron chi connectivity index (χ3n) is 8.12. The second-order valence-corrected chi connectivity index (χ2v) is 13.7. The summed E-state index contributed by atoms with van der Waals surface area (Å²) in [4.78, 5) is 52.1. The number of fused-ring (bicyclic) bond motifs is 1. The van der Waals surface area contributed by atoms with Crippen molar-refractivity contribution in [3.05, 3.63) is 76.9 Å². The Morgan fingerprint density at radius 2 is 1.63 bits per heavy atom. The molecule has 5 rings (SSSR count). The van der Waals surface area contributed by atoms with Crippen molar-refractivity contribution >= 4 is 45.0 Å². The van der Waals surface area contributed by atoms with E-state index in [4.69, 9.17) is 9.47 Å². The number of hydrogen-bond donors (Lipinski definition) is 4. The molecular formula is C32H34N4O9S. The van der Waals surface area contributed by atoms with Gasteiger partial charge in [-0.15, -0.1) is 0 Å². The number of methoxy groups -OCH3 is 2. The standard InChI is InChI=1S/C32H34N4O9S/c1-17(2)46(42,43)27-12-9-20(34-32(40)41)16-23(27)24-6-5-13-36(24)31(39)28(18-7-11-25(44-3)26(14-18)45-4)33-19-8-10-21-22(15-19)30(38)35-29(21)37/h7-12,14-17,24,28,33-34H,5-6,13H2,1-4H3,(H,40,41)(H,35,37,38)/t24-,28+/m1/s1. The Labute approximate surface area is 265 Å². The zero-order valence-electron chi connectivity index (χ0n) is 25.6. The van der Waals surface area contributed by atoms with Crippen LogP contribution in [0.25, 0.3) is 0 Å². The fraction of sp³-hybridized carbons (Fsp3) is 0.312. The normalized spacial score (nSPS) is 16.5. The predicted molar refractivity (Wildman–Crippen MR) is 168 cm³/mol. The Kier molecular flexibility index (Phi) is 8.92. The zero-order chi connectivity index (χ0) is 33.3. The molecule has 0 spiro atoms. The minimum Gasteiger partial charge on any atom is -0.493 e. The highest BCUT2D eigenvalue weighted by molar-refractivity contribution is 7.92. The average Bonchev–Trinajstić information content (AvgIpc) is 3.62. The van der Waals surface area contributed by atoms with Gasteiger partial charge >= 0.3 is 6.09 Å². The molecule has 242 valence electrons. The first kappa shape index (κ1) is 32.3. The molecule has 2 heterocycles. The first-order valence-corrected chi connectivity index (χ1v) is 16.1. The van der Waals surface area contributed by atoms with Crippen molar-refractivity contribution in [2.45, 2.75) is 48.9 Å². The molecule has 0 radical (unpaired) electrons. The Morgan fingerprint density at radius 3 is 2.30 bits per heavy atom. The Balaban J connectivity index is 1.60. The first-order chi connectivity index (χ1) is 21.8. The van der Waals surface area contributed by atoms with Gasteiger partial charge in [-0.05, 0) is 86.3 Å². The lowest BCUT2D eigenvalue weighted by atomic mass is 10.00. The van der Waals surface area contributed by atoms with Gasteiger partial charge < -0.3 is 24.8 Å². The summed E-state index contributed by atoms with van der Waals surface area (Å²) >= 11 is 0. The molecule has 4 amide bonds. The van der Waals surface area contributed by atoms with E-state index in [1.54, 1.807) is 43.0 Å². The Hall–Kier alpha value is -5.11. The topological polar surface area (TPSA) is 180 Å². The molecule has 1 fully saturated rings. The molecule has 4 N–H and O–H groups in total. The first-order valence-electron chi connectivity index (χ1n) is 14.5. The number of amides is 4. The number of benzene rings is 3. The maximum absolute atomic E-state index is 14.6. The van der Waals surface area contributed by atoms with Gasteiger partial charge in [-0.3, -0.25) is 25.0 Å². The number of likely N-dealkylation sites (tertiary alicyclic amines) is 1. The van der Waals surface area contributed by atoms with Crippen LogP contribution < -0.4 is 25.4 Å². The number of rotatable bonds is 10. The molecule has 46 heavy (non-hydrogen) atoms. The van der Waals surface area contributed by atoms with Gasteiger partial charge in [0.2, 0.25) is 5.91 Å². The fourth-order valence-corrected chi connectivity index (χ4v) is 7.08. The molecule has 0 unspecified atom stereocenters. The van der Waals surface area contributed by atoms with Crippen molar-refractivity contribution in [3.63, 3.8) is 0 Å². The minimum absolute atomic E-state index is 0.0214. The molecule has 2 aliphatic heterocycles. The lowest BCUT2D eigenvalue weighted by Gasteiger charge is -2.32. The number of sulfone groups is 1. The maximum atomic E-state index is 14.6. The largest absolute Gasteiger partial charge is 0.493 e. The molecule has 0 aliphatic carbocycles.